The standard InChI is InChI=1S/C20H26N4O/c1-13-11-18(21-15-6-4-10-24(2)12-15)22-23-19(13)17-9-8-14-5-3-7-16(14)20(17)25/h8-9,11,15,25H,3-7,10,12H2,1-2H3,(H,21,22). The van der Waals surface area contributed by atoms with Gasteiger partial charge < -0.3 is 15.3 Å². The molecule has 1 aromatic heterocycles. The van der Waals surface area contributed by atoms with Crippen molar-refractivity contribution in [3.8, 4) is 17.0 Å². The van der Waals surface area contributed by atoms with Crippen molar-refractivity contribution in [1.82, 2.24) is 15.1 Å². The first kappa shape index (κ1) is 16.3. The average Bonchev–Trinajstić information content (AvgIpc) is 3.06. The van der Waals surface area contributed by atoms with Crippen LogP contribution in [0.2, 0.25) is 0 Å². The summed E-state index contributed by atoms with van der Waals surface area (Å²) in [6, 6.07) is 6.58. The second kappa shape index (κ2) is 6.64. The van der Waals surface area contributed by atoms with Crippen LogP contribution in [0.3, 0.4) is 0 Å². The molecule has 0 bridgehead atoms. The van der Waals surface area contributed by atoms with E-state index >= 15 is 0 Å². The Kier molecular flexibility index (Phi) is 4.34. The van der Waals surface area contributed by atoms with Crippen LogP contribution in [0.15, 0.2) is 18.2 Å². The molecule has 5 nitrogen and oxygen atoms in total. The molecule has 132 valence electrons. The molecule has 0 radical (unpaired) electrons. The van der Waals surface area contributed by atoms with Crippen molar-refractivity contribution in [2.45, 2.75) is 45.1 Å². The van der Waals surface area contributed by atoms with Crippen molar-refractivity contribution >= 4 is 5.82 Å². The number of aryl methyl sites for hydroxylation is 2. The minimum Gasteiger partial charge on any atom is -0.507 e. The molecule has 4 rings (SSSR count). The molecule has 0 saturated carbocycles. The minimum atomic E-state index is 0.391. The lowest BCUT2D eigenvalue weighted by Crippen LogP contribution is -2.39. The molecule has 1 saturated heterocycles. The highest BCUT2D eigenvalue weighted by atomic mass is 16.3. The lowest BCUT2D eigenvalue weighted by Gasteiger charge is -2.30. The average molecular weight is 338 g/mol. The Hall–Kier alpha value is -2.14. The molecule has 1 fully saturated rings. The number of hydrogen-bond acceptors (Lipinski definition) is 5. The molecule has 0 spiro atoms. The number of likely N-dealkylation sites (N-methyl/N-ethyl adjacent to an activating group) is 1. The number of nitrogens with one attached hydrogen (secondary N) is 1. The van der Waals surface area contributed by atoms with Gasteiger partial charge in [-0.15, -0.1) is 10.2 Å². The highest BCUT2D eigenvalue weighted by molar-refractivity contribution is 5.73. The predicted octanol–water partition coefficient (Wildman–Crippen LogP) is 3.15. The van der Waals surface area contributed by atoms with E-state index in [9.17, 15) is 5.11 Å². The monoisotopic (exact) mass is 338 g/mol. The normalized spacial score (nSPS) is 20.5. The van der Waals surface area contributed by atoms with E-state index in [1.54, 1.807) is 0 Å². The highest BCUT2D eigenvalue weighted by Gasteiger charge is 2.21. The quantitative estimate of drug-likeness (QED) is 0.900. The van der Waals surface area contributed by atoms with Gasteiger partial charge in [0.05, 0.1) is 5.69 Å². The predicted molar refractivity (Wildman–Crippen MR) is 100 cm³/mol. The summed E-state index contributed by atoms with van der Waals surface area (Å²) in [5, 5.41) is 23.0. The van der Waals surface area contributed by atoms with E-state index in [1.807, 2.05) is 19.1 Å². The van der Waals surface area contributed by atoms with Gasteiger partial charge in [-0.3, -0.25) is 0 Å². The Labute approximate surface area is 149 Å². The molecular weight excluding hydrogens is 312 g/mol. The number of nitrogens with zero attached hydrogens (tertiary/aromatic N) is 3. The maximum Gasteiger partial charge on any atom is 0.149 e. The second-order valence-electron chi connectivity index (χ2n) is 7.46. The van der Waals surface area contributed by atoms with Gasteiger partial charge in [0.1, 0.15) is 11.6 Å². The number of aromatic hydroxyl groups is 1. The van der Waals surface area contributed by atoms with Crippen LogP contribution in [-0.2, 0) is 12.8 Å². The Morgan fingerprint density at radius 3 is 2.88 bits per heavy atom. The Morgan fingerprint density at radius 1 is 1.20 bits per heavy atom. The maximum absolute atomic E-state index is 10.7. The van der Waals surface area contributed by atoms with E-state index in [4.69, 9.17) is 0 Å². The van der Waals surface area contributed by atoms with Crippen molar-refractivity contribution < 1.29 is 5.11 Å². The summed E-state index contributed by atoms with van der Waals surface area (Å²) in [6.45, 7) is 4.24. The summed E-state index contributed by atoms with van der Waals surface area (Å²) < 4.78 is 0. The molecule has 2 aromatic rings. The van der Waals surface area contributed by atoms with Crippen LogP contribution in [0.25, 0.3) is 11.3 Å². The molecule has 2 heterocycles. The van der Waals surface area contributed by atoms with Gasteiger partial charge in [0.2, 0.25) is 0 Å². The summed E-state index contributed by atoms with van der Waals surface area (Å²) >= 11 is 0. The summed E-state index contributed by atoms with van der Waals surface area (Å²) in [5.41, 5.74) is 4.97. The zero-order chi connectivity index (χ0) is 17.4. The number of aromatic nitrogens is 2. The van der Waals surface area contributed by atoms with Gasteiger partial charge >= 0.3 is 0 Å². The molecule has 25 heavy (non-hydrogen) atoms. The molecule has 1 aromatic carbocycles. The van der Waals surface area contributed by atoms with Crippen molar-refractivity contribution in [2.75, 3.05) is 25.5 Å². The number of hydrogen-bond donors (Lipinski definition) is 2. The van der Waals surface area contributed by atoms with Crippen LogP contribution in [-0.4, -0.2) is 46.4 Å². The number of fused-ring (bicyclic) bond motifs is 1. The largest absolute Gasteiger partial charge is 0.507 e. The fourth-order valence-electron chi connectivity index (χ4n) is 4.15. The van der Waals surface area contributed by atoms with Crippen LogP contribution >= 0.6 is 0 Å². The van der Waals surface area contributed by atoms with Gasteiger partial charge in [0.15, 0.2) is 0 Å². The fourth-order valence-corrected chi connectivity index (χ4v) is 4.15. The fraction of sp³-hybridized carbons (Fsp3) is 0.500. The third kappa shape index (κ3) is 3.21. The minimum absolute atomic E-state index is 0.391. The third-order valence-corrected chi connectivity index (χ3v) is 5.47. The molecule has 2 aliphatic rings. The molecule has 1 unspecified atom stereocenters. The van der Waals surface area contributed by atoms with Gasteiger partial charge in [-0.2, -0.15) is 0 Å². The van der Waals surface area contributed by atoms with Gasteiger partial charge in [-0.05, 0) is 81.4 Å². The number of benzene rings is 1. The van der Waals surface area contributed by atoms with Crippen molar-refractivity contribution in [3.05, 3.63) is 34.9 Å². The van der Waals surface area contributed by atoms with Crippen molar-refractivity contribution in [3.63, 3.8) is 0 Å². The van der Waals surface area contributed by atoms with E-state index in [1.165, 1.54) is 24.9 Å². The number of likely N-dealkylation sites (tertiary alicyclic amines) is 1. The SMILES string of the molecule is Cc1cc(NC2CCCN(C)C2)nnc1-c1ccc2c(c1O)CCC2. The zero-order valence-electron chi connectivity index (χ0n) is 15.0. The molecule has 1 atom stereocenters. The van der Waals surface area contributed by atoms with Gasteiger partial charge in [-0.1, -0.05) is 6.07 Å². The highest BCUT2D eigenvalue weighted by Crippen LogP contribution is 2.38. The van der Waals surface area contributed by atoms with E-state index in [0.29, 0.717) is 11.8 Å². The van der Waals surface area contributed by atoms with E-state index in [0.717, 1.165) is 54.0 Å². The van der Waals surface area contributed by atoms with E-state index in [2.05, 4.69) is 33.5 Å². The van der Waals surface area contributed by atoms with Crippen LogP contribution in [0.1, 0.15) is 36.0 Å². The summed E-state index contributed by atoms with van der Waals surface area (Å²) in [5.74, 6) is 1.21. The summed E-state index contributed by atoms with van der Waals surface area (Å²) in [4.78, 5) is 2.35. The first-order chi connectivity index (χ1) is 12.1. The van der Waals surface area contributed by atoms with Crippen LogP contribution in [0.5, 0.6) is 5.75 Å². The number of anilines is 1. The second-order valence-corrected chi connectivity index (χ2v) is 7.46. The lowest BCUT2D eigenvalue weighted by atomic mass is 10.00. The van der Waals surface area contributed by atoms with Crippen LogP contribution in [0.4, 0.5) is 5.82 Å². The Balaban J connectivity index is 1.58. The third-order valence-electron chi connectivity index (χ3n) is 5.47. The van der Waals surface area contributed by atoms with Crippen molar-refractivity contribution in [1.29, 1.82) is 0 Å². The molecule has 0 amide bonds. The zero-order valence-corrected chi connectivity index (χ0v) is 15.0. The van der Waals surface area contributed by atoms with Gasteiger partial charge in [0, 0.05) is 18.2 Å². The summed E-state index contributed by atoms with van der Waals surface area (Å²) in [6.07, 6.45) is 5.51. The molecule has 1 aliphatic heterocycles. The number of rotatable bonds is 3. The van der Waals surface area contributed by atoms with E-state index < -0.39 is 0 Å². The Morgan fingerprint density at radius 2 is 2.08 bits per heavy atom. The molecule has 1 aliphatic carbocycles. The summed E-state index contributed by atoms with van der Waals surface area (Å²) in [7, 11) is 2.16. The smallest absolute Gasteiger partial charge is 0.149 e. The molecule has 2 N–H and O–H groups in total. The number of piperidine rings is 1. The number of phenols is 1. The first-order valence-electron chi connectivity index (χ1n) is 9.25. The van der Waals surface area contributed by atoms with Crippen molar-refractivity contribution in [2.24, 2.45) is 0 Å². The topological polar surface area (TPSA) is 61.3 Å². The lowest BCUT2D eigenvalue weighted by molar-refractivity contribution is 0.260. The van der Waals surface area contributed by atoms with E-state index in [-0.39, 0.29) is 0 Å². The Bertz CT molecular complexity index is 790. The number of phenolic OH excluding ortho intramolecular Hbond substituents is 1. The maximum atomic E-state index is 10.7. The molecule has 5 heteroatoms. The van der Waals surface area contributed by atoms with Gasteiger partial charge in [0.25, 0.3) is 0 Å². The van der Waals surface area contributed by atoms with Crippen LogP contribution < -0.4 is 5.32 Å². The van der Waals surface area contributed by atoms with Crippen LogP contribution in [0, 0.1) is 6.92 Å². The van der Waals surface area contributed by atoms with Gasteiger partial charge in [-0.25, -0.2) is 0 Å². The molecular formula is C20H26N4O. The first-order valence-corrected chi connectivity index (χ1v) is 9.25.